The molecule has 0 unspecified atom stereocenters. The Hall–Kier alpha value is -2.99. The first-order valence-corrected chi connectivity index (χ1v) is 11.2. The van der Waals surface area contributed by atoms with E-state index < -0.39 is 7.25 Å². The number of rotatable bonds is 3. The number of halogens is 5. The molecule has 0 saturated carbocycles. The molecule has 1 aliphatic rings. The molecule has 1 nitrogen and oxygen atoms in total. The molecule has 0 fully saturated rings. The SMILES string of the molecule is CCn1c(=CC=C2CCC=C2c2ccccc2)c2cccc3c(Cl)ccc1c32.F[B-](F)(F)F. The molecule has 1 aromatic heterocycles. The average molecular weight is 471 g/mol. The summed E-state index contributed by atoms with van der Waals surface area (Å²) < 4.78 is 41.4. The molecular weight excluding hydrogens is 449 g/mol. The molecule has 0 N–H and O–H groups in total. The first kappa shape index (κ1) is 23.2. The van der Waals surface area contributed by atoms with Crippen molar-refractivity contribution in [2.24, 2.45) is 0 Å². The average Bonchev–Trinajstić information content (AvgIpc) is 3.37. The van der Waals surface area contributed by atoms with Crippen LogP contribution in [0.4, 0.5) is 17.3 Å². The molecule has 0 radical (unpaired) electrons. The third-order valence-electron chi connectivity index (χ3n) is 5.77. The lowest BCUT2D eigenvalue weighted by atomic mass is 10.0. The number of aromatic nitrogens is 1. The van der Waals surface area contributed by atoms with Crippen molar-refractivity contribution in [2.45, 2.75) is 26.3 Å². The van der Waals surface area contributed by atoms with Gasteiger partial charge in [-0.1, -0.05) is 72.3 Å². The van der Waals surface area contributed by atoms with Gasteiger partial charge in [0.25, 0.3) is 0 Å². The summed E-state index contributed by atoms with van der Waals surface area (Å²) in [5, 5.41) is 5.76. The molecule has 0 saturated heterocycles. The van der Waals surface area contributed by atoms with E-state index in [0.29, 0.717) is 0 Å². The highest BCUT2D eigenvalue weighted by atomic mass is 35.5. The summed E-state index contributed by atoms with van der Waals surface area (Å²) in [6, 6.07) is 21.3. The zero-order chi connectivity index (χ0) is 23.6. The second-order valence-corrected chi connectivity index (χ2v) is 8.21. The maximum Gasteiger partial charge on any atom is 0.673 e. The van der Waals surface area contributed by atoms with Crippen molar-refractivity contribution >= 4 is 52.2 Å². The van der Waals surface area contributed by atoms with Gasteiger partial charge in [-0.3, -0.25) is 0 Å². The monoisotopic (exact) mass is 470 g/mol. The molecular formula is C26H22BClF4N-. The van der Waals surface area contributed by atoms with E-state index in [9.17, 15) is 17.3 Å². The molecule has 33 heavy (non-hydrogen) atoms. The van der Waals surface area contributed by atoms with E-state index >= 15 is 0 Å². The van der Waals surface area contributed by atoms with Gasteiger partial charge >= 0.3 is 7.25 Å². The van der Waals surface area contributed by atoms with Crippen LogP contribution in [0.2, 0.25) is 5.02 Å². The van der Waals surface area contributed by atoms with E-state index in [-0.39, 0.29) is 0 Å². The van der Waals surface area contributed by atoms with Crippen molar-refractivity contribution in [3.8, 4) is 0 Å². The summed E-state index contributed by atoms with van der Waals surface area (Å²) in [5.74, 6) is 0. The van der Waals surface area contributed by atoms with Crippen molar-refractivity contribution in [1.29, 1.82) is 0 Å². The van der Waals surface area contributed by atoms with E-state index in [1.54, 1.807) is 0 Å². The maximum atomic E-state index is 9.75. The topological polar surface area (TPSA) is 4.93 Å². The Bertz CT molecular complexity index is 1400. The summed E-state index contributed by atoms with van der Waals surface area (Å²) in [6.07, 6.45) is 9.19. The first-order valence-electron chi connectivity index (χ1n) is 10.8. The number of aryl methyl sites for hydroxylation is 1. The molecule has 5 rings (SSSR count). The fraction of sp³-hybridized carbons (Fsp3) is 0.154. The number of allylic oxidation sites excluding steroid dienone is 4. The number of nitrogens with zero attached hydrogens (tertiary/aromatic N) is 1. The summed E-state index contributed by atoms with van der Waals surface area (Å²) in [5.41, 5.74) is 5.35. The van der Waals surface area contributed by atoms with Gasteiger partial charge in [-0.15, -0.1) is 0 Å². The summed E-state index contributed by atoms with van der Waals surface area (Å²) in [7, 11) is -6.00. The van der Waals surface area contributed by atoms with Crippen molar-refractivity contribution in [3.05, 3.63) is 94.3 Å². The molecule has 0 amide bonds. The van der Waals surface area contributed by atoms with Gasteiger partial charge in [-0.2, -0.15) is 0 Å². The molecule has 7 heteroatoms. The molecule has 1 aliphatic carbocycles. The van der Waals surface area contributed by atoms with Gasteiger partial charge in [0.15, 0.2) is 0 Å². The lowest BCUT2D eigenvalue weighted by Gasteiger charge is -2.05. The lowest BCUT2D eigenvalue weighted by molar-refractivity contribution is 0.368. The van der Waals surface area contributed by atoms with Crippen LogP contribution in [0.1, 0.15) is 25.3 Å². The lowest BCUT2D eigenvalue weighted by Crippen LogP contribution is -2.14. The van der Waals surface area contributed by atoms with E-state index in [4.69, 9.17) is 11.6 Å². The highest BCUT2D eigenvalue weighted by molar-refractivity contribution is 6.50. The minimum absolute atomic E-state index is 0.821. The van der Waals surface area contributed by atoms with Crippen LogP contribution in [-0.4, -0.2) is 11.8 Å². The smallest absolute Gasteiger partial charge is 0.418 e. The van der Waals surface area contributed by atoms with Crippen LogP contribution in [0.15, 0.2) is 78.4 Å². The summed E-state index contributed by atoms with van der Waals surface area (Å²) >= 11 is 6.48. The molecule has 3 aromatic carbocycles. The van der Waals surface area contributed by atoms with Gasteiger partial charge in [0, 0.05) is 38.6 Å². The Labute approximate surface area is 194 Å². The molecule has 0 atom stereocenters. The number of hydrogen-bond acceptors (Lipinski definition) is 0. The Morgan fingerprint density at radius 2 is 1.61 bits per heavy atom. The predicted octanol–water partition coefficient (Wildman–Crippen LogP) is 8.07. The fourth-order valence-corrected chi connectivity index (χ4v) is 4.72. The van der Waals surface area contributed by atoms with Gasteiger partial charge in [0.1, 0.15) is 0 Å². The van der Waals surface area contributed by atoms with Crippen LogP contribution in [0.5, 0.6) is 0 Å². The quantitative estimate of drug-likeness (QED) is 0.211. The third-order valence-corrected chi connectivity index (χ3v) is 6.10. The maximum absolute atomic E-state index is 9.75. The number of hydrogen-bond donors (Lipinski definition) is 0. The molecule has 0 spiro atoms. The highest BCUT2D eigenvalue weighted by Crippen LogP contribution is 2.34. The Morgan fingerprint density at radius 1 is 0.909 bits per heavy atom. The standard InChI is InChI=1S/C26H22ClN.BF4/c1-2-28-24(22-13-7-12-21-23(27)15-17-25(28)26(21)22)16-14-19-10-6-11-20(19)18-8-4-3-5-9-18;2-1(3,4)5/h3-5,7-9,11-17H,2,6,10H2,1H3;/q;-1. The zero-order valence-electron chi connectivity index (χ0n) is 18.0. The van der Waals surface area contributed by atoms with Crippen molar-refractivity contribution < 1.29 is 17.3 Å². The molecule has 1 heterocycles. The van der Waals surface area contributed by atoms with Crippen LogP contribution in [0.3, 0.4) is 0 Å². The zero-order valence-corrected chi connectivity index (χ0v) is 18.8. The summed E-state index contributed by atoms with van der Waals surface area (Å²) in [4.78, 5) is 0. The van der Waals surface area contributed by atoms with Crippen molar-refractivity contribution in [2.75, 3.05) is 0 Å². The van der Waals surface area contributed by atoms with Crippen LogP contribution < -0.4 is 5.35 Å². The van der Waals surface area contributed by atoms with E-state index in [2.05, 4.69) is 84.3 Å². The van der Waals surface area contributed by atoms with Gasteiger partial charge in [-0.05, 0) is 54.7 Å². The molecule has 4 aromatic rings. The number of benzene rings is 3. The Kier molecular flexibility index (Phi) is 6.66. The Morgan fingerprint density at radius 3 is 2.30 bits per heavy atom. The van der Waals surface area contributed by atoms with Crippen LogP contribution in [0, 0.1) is 0 Å². The van der Waals surface area contributed by atoms with Gasteiger partial charge in [0.05, 0.1) is 0 Å². The van der Waals surface area contributed by atoms with Gasteiger partial charge in [0.2, 0.25) is 0 Å². The van der Waals surface area contributed by atoms with Crippen LogP contribution in [-0.2, 0) is 6.54 Å². The van der Waals surface area contributed by atoms with E-state index in [0.717, 1.165) is 29.8 Å². The minimum atomic E-state index is -6.00. The Balaban J connectivity index is 0.000000471. The highest BCUT2D eigenvalue weighted by Gasteiger charge is 2.20. The van der Waals surface area contributed by atoms with Crippen molar-refractivity contribution in [3.63, 3.8) is 0 Å². The second kappa shape index (κ2) is 9.48. The van der Waals surface area contributed by atoms with Crippen LogP contribution >= 0.6 is 11.6 Å². The molecule has 0 bridgehead atoms. The second-order valence-electron chi connectivity index (χ2n) is 7.80. The van der Waals surface area contributed by atoms with E-state index in [1.165, 1.54) is 38.3 Å². The first-order chi connectivity index (χ1) is 15.8. The van der Waals surface area contributed by atoms with Gasteiger partial charge < -0.3 is 21.8 Å². The van der Waals surface area contributed by atoms with Gasteiger partial charge in [-0.25, -0.2) is 0 Å². The third kappa shape index (κ3) is 5.01. The summed E-state index contributed by atoms with van der Waals surface area (Å²) in [6.45, 7) is 3.14. The van der Waals surface area contributed by atoms with E-state index in [1.807, 2.05) is 6.07 Å². The van der Waals surface area contributed by atoms with Crippen LogP contribution in [0.25, 0.3) is 33.3 Å². The fourth-order valence-electron chi connectivity index (χ4n) is 4.50. The normalized spacial score (nSPS) is 15.9. The van der Waals surface area contributed by atoms with Crippen molar-refractivity contribution in [1.82, 2.24) is 4.57 Å². The largest absolute Gasteiger partial charge is 0.673 e. The molecule has 0 aliphatic heterocycles. The molecule has 170 valence electrons. The minimum Gasteiger partial charge on any atom is -0.418 e. The predicted molar refractivity (Wildman–Crippen MR) is 132 cm³/mol.